The van der Waals surface area contributed by atoms with Crippen molar-refractivity contribution in [3.8, 4) is 0 Å². The minimum Gasteiger partial charge on any atom is -0.466 e. The van der Waals surface area contributed by atoms with Gasteiger partial charge >= 0.3 is 5.97 Å². The Bertz CT molecular complexity index is 1080. The molecule has 8 heteroatoms. The molecule has 0 unspecified atom stereocenters. The molecule has 0 spiro atoms. The number of nitrogens with one attached hydrogen (secondary N) is 2. The highest BCUT2D eigenvalue weighted by atomic mass is 32.2. The maximum atomic E-state index is 13.1. The summed E-state index contributed by atoms with van der Waals surface area (Å²) in [5.41, 5.74) is 4.35. The zero-order chi connectivity index (χ0) is 23.3. The fourth-order valence-corrected chi connectivity index (χ4v) is 3.81. The second-order valence-electron chi connectivity index (χ2n) is 7.43. The summed E-state index contributed by atoms with van der Waals surface area (Å²) < 4.78 is 5.02. The van der Waals surface area contributed by atoms with Gasteiger partial charge in [0, 0.05) is 22.4 Å². The Morgan fingerprint density at radius 2 is 1.91 bits per heavy atom. The van der Waals surface area contributed by atoms with Crippen molar-refractivity contribution in [2.24, 2.45) is 0 Å². The Kier molecular flexibility index (Phi) is 7.58. The van der Waals surface area contributed by atoms with Crippen LogP contribution < -0.4 is 15.5 Å². The molecule has 1 heterocycles. The summed E-state index contributed by atoms with van der Waals surface area (Å²) >= 11 is 1.58. The van der Waals surface area contributed by atoms with Crippen molar-refractivity contribution in [2.45, 2.75) is 32.1 Å². The fraction of sp³-hybridized carbons (Fsp3) is 0.292. The van der Waals surface area contributed by atoms with Crippen molar-refractivity contribution < 1.29 is 19.1 Å². The highest BCUT2D eigenvalue weighted by molar-refractivity contribution is 7.98. The van der Waals surface area contributed by atoms with E-state index < -0.39 is 5.97 Å². The molecule has 0 fully saturated rings. The topological polar surface area (TPSA) is 87.7 Å². The van der Waals surface area contributed by atoms with Crippen LogP contribution in [0.15, 0.2) is 53.1 Å². The molecule has 2 aromatic rings. The average molecular weight is 454 g/mol. The van der Waals surface area contributed by atoms with E-state index in [4.69, 9.17) is 4.74 Å². The number of hydrogen-bond donors (Lipinski definition) is 2. The van der Waals surface area contributed by atoms with E-state index in [2.05, 4.69) is 10.6 Å². The second kappa shape index (κ2) is 10.4. The van der Waals surface area contributed by atoms with Crippen LogP contribution in [0.4, 0.5) is 17.1 Å². The van der Waals surface area contributed by atoms with Crippen LogP contribution in [0.5, 0.6) is 0 Å². The highest BCUT2D eigenvalue weighted by Crippen LogP contribution is 2.33. The third-order valence-electron chi connectivity index (χ3n) is 5.06. The van der Waals surface area contributed by atoms with E-state index >= 15 is 0 Å². The number of carbonyl (C=O) groups excluding carboxylic acids is 3. The number of hydrogen-bond acceptors (Lipinski definition) is 6. The van der Waals surface area contributed by atoms with Crippen LogP contribution in [0.2, 0.25) is 0 Å². The van der Waals surface area contributed by atoms with Gasteiger partial charge in [-0.25, -0.2) is 0 Å². The lowest BCUT2D eigenvalue weighted by Crippen LogP contribution is -2.37. The van der Waals surface area contributed by atoms with Gasteiger partial charge in [-0.15, -0.1) is 11.8 Å². The number of anilines is 3. The van der Waals surface area contributed by atoms with Gasteiger partial charge in [0.1, 0.15) is 6.54 Å². The number of amides is 2. The Morgan fingerprint density at radius 1 is 1.16 bits per heavy atom. The minimum absolute atomic E-state index is 0.0620. The van der Waals surface area contributed by atoms with E-state index in [0.29, 0.717) is 22.8 Å². The van der Waals surface area contributed by atoms with Crippen LogP contribution >= 0.6 is 11.8 Å². The lowest BCUT2D eigenvalue weighted by atomic mass is 10.1. The van der Waals surface area contributed by atoms with E-state index in [-0.39, 0.29) is 31.4 Å². The second-order valence-corrected chi connectivity index (χ2v) is 8.31. The Balaban J connectivity index is 1.88. The normalized spacial score (nSPS) is 12.9. The fourth-order valence-electron chi connectivity index (χ4n) is 3.35. The van der Waals surface area contributed by atoms with Crippen LogP contribution in [0.1, 0.15) is 24.5 Å². The average Bonchev–Trinajstić information content (AvgIpc) is 2.85. The first-order valence-electron chi connectivity index (χ1n) is 10.3. The molecule has 0 bridgehead atoms. The largest absolute Gasteiger partial charge is 0.466 e. The number of rotatable bonds is 7. The molecule has 0 atom stereocenters. The van der Waals surface area contributed by atoms with Crippen molar-refractivity contribution in [2.75, 3.05) is 34.9 Å². The Morgan fingerprint density at radius 3 is 2.62 bits per heavy atom. The number of esters is 1. The standard InChI is InChI=1S/C24H27N3O4S/c1-5-31-24(30)13-18-12-23(29)27(21-10-16(3)15(2)9-20(21)25-18)14-22(28)26-17-7-6-8-19(11-17)32-4/h6-12,25H,5,13-14H2,1-4H3,(H,26,28). The molecule has 3 rings (SSSR count). The number of thioether (sulfide) groups is 1. The predicted molar refractivity (Wildman–Crippen MR) is 128 cm³/mol. The van der Waals surface area contributed by atoms with Crippen LogP contribution in [0.25, 0.3) is 0 Å². The summed E-state index contributed by atoms with van der Waals surface area (Å²) in [4.78, 5) is 40.3. The molecule has 0 saturated heterocycles. The molecule has 7 nitrogen and oxygen atoms in total. The summed E-state index contributed by atoms with van der Waals surface area (Å²) in [7, 11) is 0. The quantitative estimate of drug-likeness (QED) is 0.481. The zero-order valence-electron chi connectivity index (χ0n) is 18.7. The van der Waals surface area contributed by atoms with Gasteiger partial charge in [-0.05, 0) is 68.5 Å². The van der Waals surface area contributed by atoms with E-state index in [0.717, 1.165) is 16.0 Å². The number of aryl methyl sites for hydroxylation is 2. The third kappa shape index (κ3) is 5.70. The van der Waals surface area contributed by atoms with Crippen LogP contribution in [-0.2, 0) is 19.1 Å². The maximum Gasteiger partial charge on any atom is 0.311 e. The third-order valence-corrected chi connectivity index (χ3v) is 5.78. The number of benzene rings is 2. The van der Waals surface area contributed by atoms with Crippen molar-refractivity contribution in [1.82, 2.24) is 0 Å². The van der Waals surface area contributed by atoms with Gasteiger partial charge in [0.25, 0.3) is 5.91 Å². The van der Waals surface area contributed by atoms with Gasteiger partial charge in [0.15, 0.2) is 0 Å². The molecule has 1 aliphatic rings. The number of ether oxygens (including phenoxy) is 1. The molecule has 2 amide bonds. The van der Waals surface area contributed by atoms with Crippen LogP contribution in [0.3, 0.4) is 0 Å². The Labute approximate surface area is 192 Å². The summed E-state index contributed by atoms with van der Waals surface area (Å²) in [6.07, 6.45) is 3.25. The number of fused-ring (bicyclic) bond motifs is 1. The Hall–Kier alpha value is -3.26. The molecular formula is C24H27N3O4S. The van der Waals surface area contributed by atoms with Crippen molar-refractivity contribution >= 4 is 46.6 Å². The summed E-state index contributed by atoms with van der Waals surface area (Å²) in [6, 6.07) is 11.3. The molecule has 0 saturated carbocycles. The first-order valence-corrected chi connectivity index (χ1v) is 11.5. The SMILES string of the molecule is CCOC(=O)CC1=CC(=O)N(CC(=O)Nc2cccc(SC)c2)c2cc(C)c(C)cc2N1. The van der Waals surface area contributed by atoms with Gasteiger partial charge < -0.3 is 15.4 Å². The molecule has 2 N–H and O–H groups in total. The minimum atomic E-state index is -0.427. The van der Waals surface area contributed by atoms with Gasteiger partial charge in [-0.1, -0.05) is 6.07 Å². The molecular weight excluding hydrogens is 426 g/mol. The van der Waals surface area contributed by atoms with E-state index in [9.17, 15) is 14.4 Å². The molecule has 32 heavy (non-hydrogen) atoms. The van der Waals surface area contributed by atoms with Gasteiger partial charge in [-0.2, -0.15) is 0 Å². The van der Waals surface area contributed by atoms with E-state index in [1.165, 1.54) is 11.0 Å². The lowest BCUT2D eigenvalue weighted by molar-refractivity contribution is -0.142. The first-order chi connectivity index (χ1) is 15.3. The number of carbonyl (C=O) groups is 3. The maximum absolute atomic E-state index is 13.1. The lowest BCUT2D eigenvalue weighted by Gasteiger charge is -2.23. The van der Waals surface area contributed by atoms with Crippen molar-refractivity contribution in [1.29, 1.82) is 0 Å². The highest BCUT2D eigenvalue weighted by Gasteiger charge is 2.26. The van der Waals surface area contributed by atoms with Crippen LogP contribution in [-0.4, -0.2) is 37.2 Å². The molecule has 2 aromatic carbocycles. The van der Waals surface area contributed by atoms with Gasteiger partial charge in [-0.3, -0.25) is 19.3 Å². The zero-order valence-corrected chi connectivity index (χ0v) is 19.5. The van der Waals surface area contributed by atoms with Gasteiger partial charge in [0.2, 0.25) is 5.91 Å². The van der Waals surface area contributed by atoms with Crippen molar-refractivity contribution in [3.63, 3.8) is 0 Å². The number of nitrogens with zero attached hydrogens (tertiary/aromatic N) is 1. The molecule has 0 aromatic heterocycles. The smallest absolute Gasteiger partial charge is 0.311 e. The van der Waals surface area contributed by atoms with E-state index in [1.54, 1.807) is 18.7 Å². The monoisotopic (exact) mass is 453 g/mol. The molecule has 1 aliphatic heterocycles. The molecule has 0 radical (unpaired) electrons. The summed E-state index contributed by atoms with van der Waals surface area (Å²) in [5, 5.41) is 6.04. The first kappa shape index (κ1) is 23.4. The van der Waals surface area contributed by atoms with Crippen molar-refractivity contribution in [3.05, 3.63) is 59.3 Å². The van der Waals surface area contributed by atoms with Crippen LogP contribution in [0, 0.1) is 13.8 Å². The van der Waals surface area contributed by atoms with E-state index in [1.807, 2.05) is 56.5 Å². The predicted octanol–water partition coefficient (Wildman–Crippen LogP) is 4.26. The van der Waals surface area contributed by atoms with Gasteiger partial charge in [0.05, 0.1) is 24.4 Å². The summed E-state index contributed by atoms with van der Waals surface area (Å²) in [6.45, 7) is 5.74. The molecule has 0 aliphatic carbocycles. The molecule has 168 valence electrons. The summed E-state index contributed by atoms with van der Waals surface area (Å²) in [5.74, 6) is -1.13.